The quantitative estimate of drug-likeness (QED) is 0.687. The zero-order valence-electron chi connectivity index (χ0n) is 14.2. The molecule has 0 bridgehead atoms. The van der Waals surface area contributed by atoms with E-state index in [1.807, 2.05) is 30.3 Å². The Morgan fingerprint density at radius 2 is 1.96 bits per heavy atom. The molecular formula is C19H18ClN3O3. The molecule has 0 aliphatic rings. The van der Waals surface area contributed by atoms with Gasteiger partial charge in [-0.2, -0.15) is 4.98 Å². The van der Waals surface area contributed by atoms with Crippen molar-refractivity contribution in [2.75, 3.05) is 13.7 Å². The molecule has 2 aromatic carbocycles. The summed E-state index contributed by atoms with van der Waals surface area (Å²) in [5, 5.41) is 7.46. The number of aromatic nitrogens is 2. The second-order valence-electron chi connectivity index (χ2n) is 5.61. The minimum atomic E-state index is -0.157. The number of nitrogens with zero attached hydrogens (tertiary/aromatic N) is 2. The number of hydrogen-bond donors (Lipinski definition) is 1. The Morgan fingerprint density at radius 1 is 1.19 bits per heavy atom. The van der Waals surface area contributed by atoms with Gasteiger partial charge in [0.2, 0.25) is 11.7 Å². The maximum atomic E-state index is 12.3. The SMILES string of the molecule is COCc1ccccc1C(=O)NCCc1nc(-c2ccc(Cl)cc2)no1. The molecule has 1 aromatic heterocycles. The average molecular weight is 372 g/mol. The van der Waals surface area contributed by atoms with Crippen molar-refractivity contribution in [2.24, 2.45) is 0 Å². The standard InChI is InChI=1S/C19H18ClN3O3/c1-25-12-14-4-2-3-5-16(14)19(24)21-11-10-17-22-18(23-26-17)13-6-8-15(20)9-7-13/h2-9H,10-12H2,1H3,(H,21,24). The summed E-state index contributed by atoms with van der Waals surface area (Å²) in [5.41, 5.74) is 2.26. The first-order chi connectivity index (χ1) is 12.7. The fraction of sp³-hybridized carbons (Fsp3) is 0.211. The Morgan fingerprint density at radius 3 is 2.73 bits per heavy atom. The van der Waals surface area contributed by atoms with Gasteiger partial charge in [-0.05, 0) is 35.9 Å². The lowest BCUT2D eigenvalue weighted by molar-refractivity contribution is 0.0948. The number of carbonyl (C=O) groups excluding carboxylic acids is 1. The van der Waals surface area contributed by atoms with Gasteiger partial charge in [0.15, 0.2) is 0 Å². The van der Waals surface area contributed by atoms with Crippen LogP contribution in [0.2, 0.25) is 5.02 Å². The second-order valence-corrected chi connectivity index (χ2v) is 6.05. The van der Waals surface area contributed by atoms with E-state index in [1.165, 1.54) is 0 Å². The lowest BCUT2D eigenvalue weighted by atomic mass is 10.1. The van der Waals surface area contributed by atoms with Crippen LogP contribution in [0.1, 0.15) is 21.8 Å². The predicted octanol–water partition coefficient (Wildman–Crippen LogP) is 3.51. The summed E-state index contributed by atoms with van der Waals surface area (Å²) in [6, 6.07) is 14.5. The van der Waals surface area contributed by atoms with Crippen LogP contribution >= 0.6 is 11.6 Å². The average Bonchev–Trinajstić information content (AvgIpc) is 3.12. The molecule has 0 unspecified atom stereocenters. The molecule has 0 saturated heterocycles. The highest BCUT2D eigenvalue weighted by atomic mass is 35.5. The minimum Gasteiger partial charge on any atom is -0.380 e. The molecule has 6 nitrogen and oxygen atoms in total. The van der Waals surface area contributed by atoms with E-state index in [9.17, 15) is 4.79 Å². The smallest absolute Gasteiger partial charge is 0.251 e. The number of nitrogens with one attached hydrogen (secondary N) is 1. The molecule has 0 atom stereocenters. The normalized spacial score (nSPS) is 10.7. The van der Waals surface area contributed by atoms with E-state index in [0.717, 1.165) is 11.1 Å². The number of carbonyl (C=O) groups is 1. The molecule has 26 heavy (non-hydrogen) atoms. The Kier molecular flexibility index (Phi) is 5.99. The van der Waals surface area contributed by atoms with Crippen molar-refractivity contribution in [3.63, 3.8) is 0 Å². The van der Waals surface area contributed by atoms with Crippen LogP contribution in [0.5, 0.6) is 0 Å². The van der Waals surface area contributed by atoms with Crippen LogP contribution in [0.4, 0.5) is 0 Å². The predicted molar refractivity (Wildman–Crippen MR) is 97.9 cm³/mol. The lowest BCUT2D eigenvalue weighted by Gasteiger charge is -2.08. The Hall–Kier alpha value is -2.70. The third-order valence-electron chi connectivity index (χ3n) is 3.76. The summed E-state index contributed by atoms with van der Waals surface area (Å²) >= 11 is 5.87. The summed E-state index contributed by atoms with van der Waals surface area (Å²) in [6.07, 6.45) is 0.443. The summed E-state index contributed by atoms with van der Waals surface area (Å²) in [7, 11) is 1.60. The van der Waals surface area contributed by atoms with E-state index < -0.39 is 0 Å². The number of methoxy groups -OCH3 is 1. The van der Waals surface area contributed by atoms with Crippen molar-refractivity contribution in [2.45, 2.75) is 13.0 Å². The van der Waals surface area contributed by atoms with Crippen molar-refractivity contribution in [3.05, 3.63) is 70.6 Å². The van der Waals surface area contributed by atoms with Gasteiger partial charge in [0.25, 0.3) is 5.91 Å². The topological polar surface area (TPSA) is 77.2 Å². The van der Waals surface area contributed by atoms with E-state index in [2.05, 4.69) is 15.5 Å². The number of hydrogen-bond acceptors (Lipinski definition) is 5. The van der Waals surface area contributed by atoms with E-state index in [-0.39, 0.29) is 5.91 Å². The van der Waals surface area contributed by atoms with Crippen LogP contribution in [-0.2, 0) is 17.8 Å². The highest BCUT2D eigenvalue weighted by Crippen LogP contribution is 2.18. The Balaban J connectivity index is 1.57. The molecule has 7 heteroatoms. The molecule has 0 saturated carbocycles. The number of ether oxygens (including phenoxy) is 1. The van der Waals surface area contributed by atoms with Crippen LogP contribution in [0.15, 0.2) is 53.1 Å². The third kappa shape index (κ3) is 4.47. The molecule has 3 aromatic rings. The fourth-order valence-corrected chi connectivity index (χ4v) is 2.60. The van der Waals surface area contributed by atoms with Crippen LogP contribution in [0.3, 0.4) is 0 Å². The van der Waals surface area contributed by atoms with Gasteiger partial charge < -0.3 is 14.6 Å². The van der Waals surface area contributed by atoms with Crippen molar-refractivity contribution in [3.8, 4) is 11.4 Å². The summed E-state index contributed by atoms with van der Waals surface area (Å²) < 4.78 is 10.4. The van der Waals surface area contributed by atoms with Gasteiger partial charge in [-0.1, -0.05) is 35.0 Å². The second kappa shape index (κ2) is 8.60. The zero-order chi connectivity index (χ0) is 18.4. The number of rotatable bonds is 7. The number of halogens is 1. The van der Waals surface area contributed by atoms with E-state index in [1.54, 1.807) is 25.3 Å². The van der Waals surface area contributed by atoms with Gasteiger partial charge in [0, 0.05) is 36.2 Å². The van der Waals surface area contributed by atoms with Gasteiger partial charge in [0.1, 0.15) is 0 Å². The maximum absolute atomic E-state index is 12.3. The highest BCUT2D eigenvalue weighted by molar-refractivity contribution is 6.30. The molecule has 0 radical (unpaired) electrons. The molecule has 0 aliphatic carbocycles. The van der Waals surface area contributed by atoms with Crippen LogP contribution in [-0.4, -0.2) is 29.7 Å². The molecule has 3 rings (SSSR count). The molecular weight excluding hydrogens is 354 g/mol. The van der Waals surface area contributed by atoms with Crippen molar-refractivity contribution in [1.29, 1.82) is 0 Å². The lowest BCUT2D eigenvalue weighted by Crippen LogP contribution is -2.26. The molecule has 0 spiro atoms. The van der Waals surface area contributed by atoms with E-state index in [4.69, 9.17) is 20.9 Å². The molecule has 1 N–H and O–H groups in total. The summed E-state index contributed by atoms with van der Waals surface area (Å²) in [4.78, 5) is 16.7. The van der Waals surface area contributed by atoms with E-state index >= 15 is 0 Å². The van der Waals surface area contributed by atoms with Gasteiger partial charge >= 0.3 is 0 Å². The Labute approximate surface area is 156 Å². The number of amides is 1. The van der Waals surface area contributed by atoms with Gasteiger partial charge in [0.05, 0.1) is 6.61 Å². The molecule has 1 amide bonds. The monoisotopic (exact) mass is 371 g/mol. The van der Waals surface area contributed by atoms with Crippen molar-refractivity contribution in [1.82, 2.24) is 15.5 Å². The maximum Gasteiger partial charge on any atom is 0.251 e. The third-order valence-corrected chi connectivity index (χ3v) is 4.01. The zero-order valence-corrected chi connectivity index (χ0v) is 15.0. The van der Waals surface area contributed by atoms with Gasteiger partial charge in [-0.15, -0.1) is 0 Å². The largest absolute Gasteiger partial charge is 0.380 e. The van der Waals surface area contributed by atoms with Crippen LogP contribution in [0, 0.1) is 0 Å². The molecule has 0 aliphatic heterocycles. The van der Waals surface area contributed by atoms with Crippen LogP contribution < -0.4 is 5.32 Å². The van der Waals surface area contributed by atoms with Crippen molar-refractivity contribution >= 4 is 17.5 Å². The first-order valence-electron chi connectivity index (χ1n) is 8.11. The summed E-state index contributed by atoms with van der Waals surface area (Å²) in [6.45, 7) is 0.778. The van der Waals surface area contributed by atoms with Crippen LogP contribution in [0.25, 0.3) is 11.4 Å². The van der Waals surface area contributed by atoms with Gasteiger partial charge in [-0.3, -0.25) is 4.79 Å². The molecule has 134 valence electrons. The summed E-state index contributed by atoms with van der Waals surface area (Å²) in [5.74, 6) is 0.795. The van der Waals surface area contributed by atoms with Crippen molar-refractivity contribution < 1.29 is 14.1 Å². The van der Waals surface area contributed by atoms with Gasteiger partial charge in [-0.25, -0.2) is 0 Å². The Bertz CT molecular complexity index is 878. The first-order valence-corrected chi connectivity index (χ1v) is 8.48. The molecule has 1 heterocycles. The minimum absolute atomic E-state index is 0.157. The highest BCUT2D eigenvalue weighted by Gasteiger charge is 2.12. The molecule has 0 fully saturated rings. The fourth-order valence-electron chi connectivity index (χ4n) is 2.47. The van der Waals surface area contributed by atoms with E-state index in [0.29, 0.717) is 41.9 Å². The number of benzene rings is 2. The first kappa shape index (κ1) is 18.1.